The van der Waals surface area contributed by atoms with E-state index in [0.717, 1.165) is 82.8 Å². The molecule has 5 nitrogen and oxygen atoms in total. The fourth-order valence-electron chi connectivity index (χ4n) is 8.80. The highest BCUT2D eigenvalue weighted by molar-refractivity contribution is 6.15. The molecule has 55 heavy (non-hydrogen) atoms. The van der Waals surface area contributed by atoms with Crippen LogP contribution in [0.4, 0.5) is 5.69 Å². The summed E-state index contributed by atoms with van der Waals surface area (Å²) in [5.74, 6) is 0. The largest absolute Gasteiger partial charge is 0.319 e. The third-order valence-electron chi connectivity index (χ3n) is 11.1. The van der Waals surface area contributed by atoms with Gasteiger partial charge in [0, 0.05) is 37.9 Å². The van der Waals surface area contributed by atoms with Gasteiger partial charge in [-0.15, -0.1) is 0 Å². The molecule has 0 atom stereocenters. The lowest BCUT2D eigenvalue weighted by Crippen LogP contribution is -2.02. The van der Waals surface area contributed by atoms with Crippen LogP contribution in [-0.2, 0) is 0 Å². The van der Waals surface area contributed by atoms with Crippen LogP contribution >= 0.6 is 0 Å². The summed E-state index contributed by atoms with van der Waals surface area (Å²) in [4.78, 5) is 4.14. The topological polar surface area (TPSA) is 42.9 Å². The second kappa shape index (κ2) is 11.8. The van der Waals surface area contributed by atoms with Gasteiger partial charge in [0.1, 0.15) is 0 Å². The minimum atomic E-state index is 0.587. The monoisotopic (exact) mass is 699 g/mol. The van der Waals surface area contributed by atoms with Gasteiger partial charge in [0.25, 0.3) is 0 Å². The van der Waals surface area contributed by atoms with E-state index in [1.807, 2.05) is 18.2 Å². The Kier molecular flexibility index (Phi) is 6.61. The van der Waals surface area contributed by atoms with Crippen LogP contribution < -0.4 is 0 Å². The summed E-state index contributed by atoms with van der Waals surface area (Å²) < 4.78 is 6.94. The fraction of sp³-hybridized carbons (Fsp3) is 0. The van der Waals surface area contributed by atoms with Gasteiger partial charge >= 0.3 is 0 Å². The molecule has 3 heterocycles. The number of rotatable bonds is 4. The van der Waals surface area contributed by atoms with Crippen molar-refractivity contribution >= 4 is 71.1 Å². The van der Waals surface area contributed by atoms with Crippen molar-refractivity contribution in [2.24, 2.45) is 0 Å². The first-order valence-electron chi connectivity index (χ1n) is 18.3. The lowest BCUT2D eigenvalue weighted by molar-refractivity contribution is 1.13. The normalized spacial score (nSPS) is 11.6. The van der Waals surface area contributed by atoms with Crippen LogP contribution in [0.2, 0.25) is 0 Å². The second-order valence-corrected chi connectivity index (χ2v) is 13.9. The first kappa shape index (κ1) is 30.7. The van der Waals surface area contributed by atoms with Crippen molar-refractivity contribution in [3.63, 3.8) is 0 Å². The van der Waals surface area contributed by atoms with Crippen LogP contribution in [0.1, 0.15) is 5.56 Å². The number of benzene rings is 8. The highest BCUT2D eigenvalue weighted by Gasteiger charge is 2.22. The quantitative estimate of drug-likeness (QED) is 0.169. The predicted molar refractivity (Wildman–Crippen MR) is 226 cm³/mol. The van der Waals surface area contributed by atoms with E-state index in [-0.39, 0.29) is 0 Å². The van der Waals surface area contributed by atoms with Crippen molar-refractivity contribution in [1.82, 2.24) is 13.7 Å². The number of hydrogen-bond donors (Lipinski definition) is 0. The average Bonchev–Trinajstić information content (AvgIpc) is 3.89. The van der Waals surface area contributed by atoms with Gasteiger partial charge in [0.05, 0.1) is 68.4 Å². The Labute approximate surface area is 316 Å². The molecule has 0 aliphatic heterocycles. The SMILES string of the molecule is [C-]#[N+]c1cc(-c2ccccc2-n2c3ccccc3c3cccc(-n4c5ccccc5c5cc(C#N)ccc54)c32)ccc1-n1c2ccccc2c2ccccc21. The summed E-state index contributed by atoms with van der Waals surface area (Å²) in [5, 5.41) is 16.6. The third-order valence-corrected chi connectivity index (χ3v) is 11.1. The van der Waals surface area contributed by atoms with E-state index in [9.17, 15) is 5.26 Å². The van der Waals surface area contributed by atoms with Crippen LogP contribution in [-0.4, -0.2) is 13.7 Å². The molecular formula is C50H29N5. The van der Waals surface area contributed by atoms with Gasteiger partial charge in [-0.1, -0.05) is 109 Å². The first-order chi connectivity index (χ1) is 27.2. The van der Waals surface area contributed by atoms with E-state index in [0.29, 0.717) is 11.3 Å². The van der Waals surface area contributed by atoms with Gasteiger partial charge in [0.15, 0.2) is 0 Å². The summed E-state index contributed by atoms with van der Waals surface area (Å²) in [7, 11) is 0. The van der Waals surface area contributed by atoms with E-state index >= 15 is 0 Å². The lowest BCUT2D eigenvalue weighted by Gasteiger charge is -2.18. The van der Waals surface area contributed by atoms with Gasteiger partial charge in [0.2, 0.25) is 5.69 Å². The first-order valence-corrected chi connectivity index (χ1v) is 18.3. The standard InChI is InChI=1S/C50H29N5/c1-52-41-30-33(26-28-48(41)53-43-20-8-3-14-35(43)36-15-4-9-21-44(36)53)34-13-2-7-19-42(34)55-46-23-11-5-16-37(46)39-18-12-24-49(50(39)55)54-45-22-10-6-17-38(45)40-29-32(31-51)25-27-47(40)54/h2-30H. The molecule has 0 aliphatic carbocycles. The molecule has 3 aromatic heterocycles. The van der Waals surface area contributed by atoms with Crippen LogP contribution in [0.15, 0.2) is 176 Å². The van der Waals surface area contributed by atoms with Crippen molar-refractivity contribution < 1.29 is 0 Å². The number of fused-ring (bicyclic) bond motifs is 9. The summed E-state index contributed by atoms with van der Waals surface area (Å²) in [5.41, 5.74) is 12.6. The summed E-state index contributed by atoms with van der Waals surface area (Å²) >= 11 is 0. The van der Waals surface area contributed by atoms with Gasteiger partial charge in [-0.25, -0.2) is 4.85 Å². The molecule has 0 saturated heterocycles. The average molecular weight is 700 g/mol. The molecular weight excluding hydrogens is 671 g/mol. The maximum Gasteiger partial charge on any atom is 0.211 e. The molecule has 0 amide bonds. The van der Waals surface area contributed by atoms with Crippen molar-refractivity contribution in [3.05, 3.63) is 193 Å². The summed E-state index contributed by atoms with van der Waals surface area (Å²) in [6.07, 6.45) is 0. The van der Waals surface area contributed by atoms with Crippen molar-refractivity contribution in [1.29, 1.82) is 5.26 Å². The minimum Gasteiger partial charge on any atom is -0.319 e. The van der Waals surface area contributed by atoms with Crippen molar-refractivity contribution in [3.8, 4) is 34.3 Å². The molecule has 0 bridgehead atoms. The van der Waals surface area contributed by atoms with Crippen LogP contribution in [0.3, 0.4) is 0 Å². The van der Waals surface area contributed by atoms with Gasteiger partial charge in [-0.05, 0) is 72.3 Å². The van der Waals surface area contributed by atoms with Crippen LogP contribution in [0.5, 0.6) is 0 Å². The number of para-hydroxylation sites is 6. The Bertz CT molecular complexity index is 3420. The Morgan fingerprint density at radius 3 is 1.58 bits per heavy atom. The smallest absolute Gasteiger partial charge is 0.211 e. The molecule has 0 unspecified atom stereocenters. The third kappa shape index (κ3) is 4.39. The van der Waals surface area contributed by atoms with Gasteiger partial charge < -0.3 is 13.7 Å². The molecule has 0 N–H and O–H groups in total. The lowest BCUT2D eigenvalue weighted by atomic mass is 10.0. The predicted octanol–water partition coefficient (Wildman–Crippen LogP) is 13.1. The molecule has 0 aliphatic rings. The van der Waals surface area contributed by atoms with Gasteiger partial charge in [-0.2, -0.15) is 5.26 Å². The molecule has 0 saturated carbocycles. The molecule has 11 aromatic rings. The number of hydrogen-bond acceptors (Lipinski definition) is 1. The van der Waals surface area contributed by atoms with E-state index in [1.54, 1.807) is 0 Å². The second-order valence-electron chi connectivity index (χ2n) is 13.9. The van der Waals surface area contributed by atoms with Crippen molar-refractivity contribution in [2.45, 2.75) is 0 Å². The van der Waals surface area contributed by atoms with E-state index < -0.39 is 0 Å². The zero-order valence-corrected chi connectivity index (χ0v) is 29.5. The maximum atomic E-state index is 9.80. The van der Waals surface area contributed by atoms with E-state index in [2.05, 4.69) is 182 Å². The highest BCUT2D eigenvalue weighted by atomic mass is 15.1. The number of aromatic nitrogens is 3. The molecule has 5 heteroatoms. The Morgan fingerprint density at radius 1 is 0.418 bits per heavy atom. The molecule has 254 valence electrons. The number of nitriles is 1. The molecule has 11 rings (SSSR count). The minimum absolute atomic E-state index is 0.587. The highest BCUT2D eigenvalue weighted by Crippen LogP contribution is 2.43. The zero-order valence-electron chi connectivity index (χ0n) is 29.5. The Morgan fingerprint density at radius 2 is 0.927 bits per heavy atom. The fourth-order valence-corrected chi connectivity index (χ4v) is 8.80. The Hall–Kier alpha value is -7.86. The number of nitrogens with zero attached hydrogens (tertiary/aromatic N) is 5. The summed E-state index contributed by atoms with van der Waals surface area (Å²) in [6.45, 7) is 8.42. The molecule has 0 radical (unpaired) electrons. The van der Waals surface area contributed by atoms with Crippen molar-refractivity contribution in [2.75, 3.05) is 0 Å². The maximum absolute atomic E-state index is 9.80. The summed E-state index contributed by atoms with van der Waals surface area (Å²) in [6, 6.07) is 63.5. The van der Waals surface area contributed by atoms with E-state index in [1.165, 1.54) is 10.8 Å². The zero-order chi connectivity index (χ0) is 36.6. The molecule has 0 fully saturated rings. The molecule has 0 spiro atoms. The van der Waals surface area contributed by atoms with Crippen LogP contribution in [0, 0.1) is 17.9 Å². The van der Waals surface area contributed by atoms with E-state index in [4.69, 9.17) is 6.57 Å². The Balaban J connectivity index is 1.18. The van der Waals surface area contributed by atoms with Gasteiger partial charge in [-0.3, -0.25) is 0 Å². The molecule has 8 aromatic carbocycles. The van der Waals surface area contributed by atoms with Crippen LogP contribution in [0.25, 0.3) is 98.5 Å².